The summed E-state index contributed by atoms with van der Waals surface area (Å²) in [4.78, 5) is 13.6. The predicted molar refractivity (Wildman–Crippen MR) is 57.1 cm³/mol. The molecule has 4 nitrogen and oxygen atoms in total. The minimum atomic E-state index is -0.525. The molecule has 2 aliphatic heterocycles. The van der Waals surface area contributed by atoms with Crippen molar-refractivity contribution in [2.24, 2.45) is 17.1 Å². The number of amides is 1. The molecule has 3 aliphatic rings. The van der Waals surface area contributed by atoms with E-state index in [-0.39, 0.29) is 11.5 Å². The van der Waals surface area contributed by atoms with E-state index in [0.29, 0.717) is 12.0 Å². The highest BCUT2D eigenvalue weighted by molar-refractivity contribution is 5.69. The minimum absolute atomic E-state index is 0.196. The van der Waals surface area contributed by atoms with Crippen LogP contribution in [-0.4, -0.2) is 29.8 Å². The van der Waals surface area contributed by atoms with E-state index in [4.69, 9.17) is 10.5 Å². The number of rotatable bonds is 1. The summed E-state index contributed by atoms with van der Waals surface area (Å²) in [5.41, 5.74) is 5.61. The van der Waals surface area contributed by atoms with Gasteiger partial charge in [-0.25, -0.2) is 4.79 Å². The normalized spacial score (nSPS) is 31.1. The van der Waals surface area contributed by atoms with Crippen LogP contribution in [0.1, 0.15) is 33.6 Å². The van der Waals surface area contributed by atoms with Crippen LogP contribution in [0.4, 0.5) is 4.79 Å². The molecule has 2 N–H and O–H groups in total. The van der Waals surface area contributed by atoms with Crippen LogP contribution >= 0.6 is 0 Å². The Kier molecular flexibility index (Phi) is 2.41. The Morgan fingerprint density at radius 3 is 2.47 bits per heavy atom. The average Bonchev–Trinajstić information content (AvgIpc) is 2.57. The van der Waals surface area contributed by atoms with Crippen LogP contribution in [-0.2, 0) is 4.74 Å². The molecule has 1 aliphatic carbocycles. The molecule has 0 aromatic rings. The van der Waals surface area contributed by atoms with Crippen molar-refractivity contribution in [3.05, 3.63) is 0 Å². The molecule has 1 amide bonds. The Morgan fingerprint density at radius 1 is 1.47 bits per heavy atom. The number of carbonyl (C=O) groups excluding carboxylic acids is 1. The average molecular weight is 212 g/mol. The monoisotopic (exact) mass is 212 g/mol. The maximum absolute atomic E-state index is 11.8. The Bertz CT molecular complexity index is 266. The van der Waals surface area contributed by atoms with Crippen LogP contribution in [0.15, 0.2) is 0 Å². The Balaban J connectivity index is 1.87. The van der Waals surface area contributed by atoms with Crippen molar-refractivity contribution in [3.63, 3.8) is 0 Å². The highest BCUT2D eigenvalue weighted by atomic mass is 16.6. The topological polar surface area (TPSA) is 55.6 Å². The van der Waals surface area contributed by atoms with Gasteiger partial charge in [0.25, 0.3) is 0 Å². The summed E-state index contributed by atoms with van der Waals surface area (Å²) in [5.74, 6) is 0.716. The van der Waals surface area contributed by atoms with E-state index in [1.807, 2.05) is 25.7 Å². The molecular weight excluding hydrogens is 192 g/mol. The molecule has 1 atom stereocenters. The molecule has 3 rings (SSSR count). The number of hydrogen-bond donors (Lipinski definition) is 1. The molecule has 0 spiro atoms. The zero-order valence-corrected chi connectivity index (χ0v) is 9.69. The first-order chi connectivity index (χ1) is 6.88. The van der Waals surface area contributed by atoms with Crippen molar-refractivity contribution >= 4 is 6.09 Å². The number of fused-ring (bicyclic) bond motifs is 1. The number of carbonyl (C=O) groups is 1. The van der Waals surface area contributed by atoms with E-state index in [1.165, 1.54) is 0 Å². The van der Waals surface area contributed by atoms with Gasteiger partial charge in [0.15, 0.2) is 6.23 Å². The van der Waals surface area contributed by atoms with Crippen molar-refractivity contribution in [1.29, 1.82) is 0 Å². The van der Waals surface area contributed by atoms with Gasteiger partial charge >= 0.3 is 6.09 Å². The lowest BCUT2D eigenvalue weighted by Crippen LogP contribution is -2.44. The molecule has 86 valence electrons. The zero-order chi connectivity index (χ0) is 11.2. The lowest BCUT2D eigenvalue weighted by Gasteiger charge is -2.30. The van der Waals surface area contributed by atoms with Gasteiger partial charge in [-0.15, -0.1) is 0 Å². The van der Waals surface area contributed by atoms with Gasteiger partial charge in [0.05, 0.1) is 0 Å². The second-order valence-corrected chi connectivity index (χ2v) is 5.81. The Hall–Kier alpha value is -0.770. The molecule has 4 heteroatoms. The molecule has 2 saturated heterocycles. The summed E-state index contributed by atoms with van der Waals surface area (Å²) < 4.78 is 5.26. The van der Waals surface area contributed by atoms with E-state index >= 15 is 0 Å². The minimum Gasteiger partial charge on any atom is -0.430 e. The van der Waals surface area contributed by atoms with Gasteiger partial charge in [-0.3, -0.25) is 5.73 Å². The second kappa shape index (κ2) is 3.37. The third kappa shape index (κ3) is 1.95. The van der Waals surface area contributed by atoms with E-state index < -0.39 is 6.23 Å². The molecule has 1 unspecified atom stereocenters. The number of ether oxygens (including phenoxy) is 1. The van der Waals surface area contributed by atoms with E-state index in [2.05, 4.69) is 0 Å². The predicted octanol–water partition coefficient (Wildman–Crippen LogP) is 1.55. The van der Waals surface area contributed by atoms with Crippen molar-refractivity contribution in [1.82, 2.24) is 4.90 Å². The van der Waals surface area contributed by atoms with E-state index in [9.17, 15) is 4.79 Å². The fourth-order valence-electron chi connectivity index (χ4n) is 2.11. The van der Waals surface area contributed by atoms with Gasteiger partial charge in [-0.05, 0) is 18.8 Å². The fourth-order valence-corrected chi connectivity index (χ4v) is 2.11. The number of hydrogen-bond acceptors (Lipinski definition) is 3. The molecule has 1 saturated carbocycles. The SMILES string of the molecule is CC(C)(C)C(N)OC(=O)N1CC2CC1C2. The molecule has 15 heavy (non-hydrogen) atoms. The summed E-state index contributed by atoms with van der Waals surface area (Å²) in [6.07, 6.45) is 1.55. The van der Waals surface area contributed by atoms with Crippen LogP contribution in [0.25, 0.3) is 0 Å². The van der Waals surface area contributed by atoms with Gasteiger partial charge in [0.1, 0.15) is 0 Å². The standard InChI is InChI=1S/C11H20N2O2/c1-11(2,3)9(12)15-10(14)13-6-7-4-8(13)5-7/h7-9H,4-6,12H2,1-3H3. The fraction of sp³-hybridized carbons (Fsp3) is 0.909. The second-order valence-electron chi connectivity index (χ2n) is 5.81. The molecule has 0 aromatic carbocycles. The lowest BCUT2D eigenvalue weighted by molar-refractivity contribution is 0.0133. The van der Waals surface area contributed by atoms with Crippen LogP contribution in [0.5, 0.6) is 0 Å². The summed E-state index contributed by atoms with van der Waals surface area (Å²) in [6.45, 7) is 6.76. The van der Waals surface area contributed by atoms with Crippen LogP contribution in [0.3, 0.4) is 0 Å². The summed E-state index contributed by atoms with van der Waals surface area (Å²) in [5, 5.41) is 0. The molecular formula is C11H20N2O2. The maximum Gasteiger partial charge on any atom is 0.411 e. The van der Waals surface area contributed by atoms with Crippen molar-refractivity contribution in [2.45, 2.75) is 45.9 Å². The molecule has 0 radical (unpaired) electrons. The van der Waals surface area contributed by atoms with Gasteiger partial charge < -0.3 is 9.64 Å². The first kappa shape index (κ1) is 10.7. The highest BCUT2D eigenvalue weighted by Crippen LogP contribution is 2.40. The van der Waals surface area contributed by atoms with E-state index in [0.717, 1.165) is 19.4 Å². The van der Waals surface area contributed by atoms with Gasteiger partial charge in [0, 0.05) is 18.0 Å². The Labute approximate surface area is 90.8 Å². The van der Waals surface area contributed by atoms with Crippen LogP contribution < -0.4 is 5.73 Å². The number of nitrogens with zero attached hydrogens (tertiary/aromatic N) is 1. The Morgan fingerprint density at radius 2 is 2.07 bits per heavy atom. The maximum atomic E-state index is 11.8. The van der Waals surface area contributed by atoms with Crippen LogP contribution in [0, 0.1) is 11.3 Å². The quantitative estimate of drug-likeness (QED) is 0.671. The van der Waals surface area contributed by atoms with Crippen molar-refractivity contribution in [3.8, 4) is 0 Å². The summed E-state index contributed by atoms with van der Waals surface area (Å²) in [7, 11) is 0. The van der Waals surface area contributed by atoms with Crippen molar-refractivity contribution < 1.29 is 9.53 Å². The van der Waals surface area contributed by atoms with E-state index in [1.54, 1.807) is 0 Å². The summed E-state index contributed by atoms with van der Waals surface area (Å²) in [6, 6.07) is 0.426. The third-order valence-electron chi connectivity index (χ3n) is 3.42. The third-order valence-corrected chi connectivity index (χ3v) is 3.42. The number of nitrogens with two attached hydrogens (primary N) is 1. The van der Waals surface area contributed by atoms with Gasteiger partial charge in [-0.2, -0.15) is 0 Å². The van der Waals surface area contributed by atoms with Gasteiger partial charge in [-0.1, -0.05) is 20.8 Å². The largest absolute Gasteiger partial charge is 0.430 e. The lowest BCUT2D eigenvalue weighted by atomic mass is 9.86. The molecule has 2 heterocycles. The summed E-state index contributed by atoms with van der Waals surface area (Å²) >= 11 is 0. The molecule has 0 aromatic heterocycles. The first-order valence-corrected chi connectivity index (χ1v) is 5.61. The van der Waals surface area contributed by atoms with Crippen LogP contribution in [0.2, 0.25) is 0 Å². The highest BCUT2D eigenvalue weighted by Gasteiger charge is 2.46. The molecule has 3 fully saturated rings. The molecule has 2 bridgehead atoms. The first-order valence-electron chi connectivity index (χ1n) is 5.61. The van der Waals surface area contributed by atoms with Gasteiger partial charge in [0.2, 0.25) is 0 Å². The van der Waals surface area contributed by atoms with Crippen molar-refractivity contribution in [2.75, 3.05) is 6.54 Å². The smallest absolute Gasteiger partial charge is 0.411 e. The zero-order valence-electron chi connectivity index (χ0n) is 9.69.